The van der Waals surface area contributed by atoms with E-state index in [9.17, 15) is 5.11 Å². The monoisotopic (exact) mass is 203 g/mol. The average Bonchev–Trinajstić information content (AvgIpc) is 2.15. The molecule has 0 aromatic heterocycles. The first-order chi connectivity index (χ1) is 7.34. The van der Waals surface area contributed by atoms with Crippen LogP contribution >= 0.6 is 0 Å². The van der Waals surface area contributed by atoms with E-state index in [0.29, 0.717) is 5.75 Å². The summed E-state index contributed by atoms with van der Waals surface area (Å²) in [5.41, 5.74) is 2.69. The first-order valence-electron chi connectivity index (χ1n) is 5.93. The van der Waals surface area contributed by atoms with Gasteiger partial charge < -0.3 is 10.0 Å². The Morgan fingerprint density at radius 1 is 1.20 bits per heavy atom. The van der Waals surface area contributed by atoms with Gasteiger partial charge >= 0.3 is 0 Å². The zero-order chi connectivity index (χ0) is 10.3. The molecule has 1 fully saturated rings. The molecular weight excluding hydrogens is 186 g/mol. The van der Waals surface area contributed by atoms with E-state index in [-0.39, 0.29) is 0 Å². The van der Waals surface area contributed by atoms with Crippen molar-refractivity contribution in [3.63, 3.8) is 0 Å². The lowest BCUT2D eigenvalue weighted by Crippen LogP contribution is -2.43. The second kappa shape index (κ2) is 3.44. The molecular formula is C13H17NO. The highest BCUT2D eigenvalue weighted by atomic mass is 16.3. The predicted octanol–water partition coefficient (Wildman–Crippen LogP) is 2.70. The van der Waals surface area contributed by atoms with Gasteiger partial charge in [0.15, 0.2) is 0 Å². The fourth-order valence-electron chi connectivity index (χ4n) is 2.69. The van der Waals surface area contributed by atoms with Gasteiger partial charge in [-0.15, -0.1) is 0 Å². The number of fused-ring (bicyclic) bond motifs is 1. The smallest absolute Gasteiger partial charge is 0.116 e. The van der Waals surface area contributed by atoms with Crippen molar-refractivity contribution in [2.75, 3.05) is 11.4 Å². The van der Waals surface area contributed by atoms with Gasteiger partial charge in [0, 0.05) is 18.3 Å². The summed E-state index contributed by atoms with van der Waals surface area (Å²) in [5, 5.41) is 9.47. The lowest BCUT2D eigenvalue weighted by atomic mass is 9.88. The summed E-state index contributed by atoms with van der Waals surface area (Å²) in [6, 6.07) is 6.60. The third kappa shape index (κ3) is 1.48. The first kappa shape index (κ1) is 9.08. The number of phenols is 1. The van der Waals surface area contributed by atoms with Crippen molar-refractivity contribution in [1.82, 2.24) is 0 Å². The van der Waals surface area contributed by atoms with E-state index in [4.69, 9.17) is 0 Å². The van der Waals surface area contributed by atoms with Crippen LogP contribution in [-0.4, -0.2) is 17.7 Å². The van der Waals surface area contributed by atoms with Crippen LogP contribution in [0.1, 0.15) is 31.2 Å². The van der Waals surface area contributed by atoms with Gasteiger partial charge in [-0.25, -0.2) is 0 Å². The summed E-state index contributed by atoms with van der Waals surface area (Å²) in [6.07, 6.45) is 6.43. The first-order valence-corrected chi connectivity index (χ1v) is 5.93. The molecule has 3 rings (SSSR count). The van der Waals surface area contributed by atoms with Crippen molar-refractivity contribution in [3.05, 3.63) is 23.8 Å². The van der Waals surface area contributed by atoms with Gasteiger partial charge in [0.1, 0.15) is 5.75 Å². The van der Waals surface area contributed by atoms with Crippen molar-refractivity contribution < 1.29 is 5.11 Å². The second-order valence-electron chi connectivity index (χ2n) is 4.69. The van der Waals surface area contributed by atoms with Gasteiger partial charge in [-0.1, -0.05) is 0 Å². The number of benzene rings is 1. The van der Waals surface area contributed by atoms with Gasteiger partial charge in [0.05, 0.1) is 0 Å². The van der Waals surface area contributed by atoms with Crippen LogP contribution in [0.4, 0.5) is 5.69 Å². The number of rotatable bonds is 1. The minimum absolute atomic E-state index is 0.407. The zero-order valence-electron chi connectivity index (χ0n) is 8.95. The maximum absolute atomic E-state index is 9.47. The minimum Gasteiger partial charge on any atom is -0.508 e. The number of nitrogens with zero attached hydrogens (tertiary/aromatic N) is 1. The van der Waals surface area contributed by atoms with Crippen molar-refractivity contribution in [2.24, 2.45) is 0 Å². The molecule has 0 saturated heterocycles. The number of hydrogen-bond acceptors (Lipinski definition) is 2. The Bertz CT molecular complexity index is 371. The van der Waals surface area contributed by atoms with Crippen LogP contribution in [0.2, 0.25) is 0 Å². The van der Waals surface area contributed by atoms with Gasteiger partial charge in [-0.05, 0) is 55.9 Å². The van der Waals surface area contributed by atoms with E-state index >= 15 is 0 Å². The molecule has 1 aromatic rings. The van der Waals surface area contributed by atoms with Crippen LogP contribution < -0.4 is 4.90 Å². The number of aryl methyl sites for hydroxylation is 1. The van der Waals surface area contributed by atoms with Crippen molar-refractivity contribution in [3.8, 4) is 5.75 Å². The maximum atomic E-state index is 9.47. The van der Waals surface area contributed by atoms with E-state index in [1.165, 1.54) is 43.5 Å². The third-order valence-electron chi connectivity index (χ3n) is 3.73. The summed E-state index contributed by atoms with van der Waals surface area (Å²) in [5.74, 6) is 0.407. The molecule has 2 nitrogen and oxygen atoms in total. The van der Waals surface area contributed by atoms with Gasteiger partial charge in [-0.2, -0.15) is 0 Å². The lowest BCUT2D eigenvalue weighted by molar-refractivity contribution is 0.379. The highest BCUT2D eigenvalue weighted by Gasteiger charge is 2.28. The molecule has 0 spiro atoms. The summed E-state index contributed by atoms with van der Waals surface area (Å²) in [7, 11) is 0. The fraction of sp³-hybridized carbons (Fsp3) is 0.538. The molecule has 15 heavy (non-hydrogen) atoms. The molecule has 1 aromatic carbocycles. The molecule has 0 amide bonds. The van der Waals surface area contributed by atoms with Crippen LogP contribution in [0.25, 0.3) is 0 Å². The molecule has 80 valence electrons. The molecule has 0 unspecified atom stereocenters. The van der Waals surface area contributed by atoms with Crippen LogP contribution in [0.15, 0.2) is 18.2 Å². The van der Waals surface area contributed by atoms with Crippen molar-refractivity contribution in [1.29, 1.82) is 0 Å². The Morgan fingerprint density at radius 3 is 2.80 bits per heavy atom. The molecule has 1 N–H and O–H groups in total. The second-order valence-corrected chi connectivity index (χ2v) is 4.69. The summed E-state index contributed by atoms with van der Waals surface area (Å²) >= 11 is 0. The van der Waals surface area contributed by atoms with Crippen molar-refractivity contribution in [2.45, 2.75) is 38.1 Å². The highest BCUT2D eigenvalue weighted by molar-refractivity contribution is 5.58. The van der Waals surface area contributed by atoms with Crippen LogP contribution in [0.3, 0.4) is 0 Å². The minimum atomic E-state index is 0.407. The summed E-state index contributed by atoms with van der Waals surface area (Å²) in [4.78, 5) is 2.54. The molecule has 1 aliphatic carbocycles. The molecule has 2 aliphatic rings. The molecule has 0 bridgehead atoms. The number of anilines is 1. The van der Waals surface area contributed by atoms with Gasteiger partial charge in [0.25, 0.3) is 0 Å². The normalized spacial score (nSPS) is 20.9. The molecule has 1 heterocycles. The number of hydrogen-bond donors (Lipinski definition) is 1. The van der Waals surface area contributed by atoms with E-state index < -0.39 is 0 Å². The molecule has 0 radical (unpaired) electrons. The standard InChI is InChI=1S/C13H17NO/c15-12-6-7-13-10(9-12)3-2-8-14(13)11-4-1-5-11/h6-7,9,11,15H,1-5,8H2. The molecule has 2 heteroatoms. The average molecular weight is 203 g/mol. The zero-order valence-corrected chi connectivity index (χ0v) is 8.95. The van der Waals surface area contributed by atoms with Crippen LogP contribution in [-0.2, 0) is 6.42 Å². The van der Waals surface area contributed by atoms with E-state index in [2.05, 4.69) is 11.0 Å². The largest absolute Gasteiger partial charge is 0.508 e. The van der Waals surface area contributed by atoms with Gasteiger partial charge in [0.2, 0.25) is 0 Å². The molecule has 1 aliphatic heterocycles. The third-order valence-corrected chi connectivity index (χ3v) is 3.73. The Balaban J connectivity index is 1.95. The topological polar surface area (TPSA) is 23.5 Å². The SMILES string of the molecule is Oc1ccc2c(c1)CCCN2C1CCC1. The highest BCUT2D eigenvalue weighted by Crippen LogP contribution is 2.36. The van der Waals surface area contributed by atoms with E-state index in [0.717, 1.165) is 12.5 Å². The summed E-state index contributed by atoms with van der Waals surface area (Å²) < 4.78 is 0. The summed E-state index contributed by atoms with van der Waals surface area (Å²) in [6.45, 7) is 1.20. The Kier molecular flexibility index (Phi) is 2.08. The predicted molar refractivity (Wildman–Crippen MR) is 61.4 cm³/mol. The number of aromatic hydroxyl groups is 1. The van der Waals surface area contributed by atoms with Crippen LogP contribution in [0.5, 0.6) is 5.75 Å². The Hall–Kier alpha value is -1.18. The Morgan fingerprint density at radius 2 is 2.07 bits per heavy atom. The molecule has 1 saturated carbocycles. The number of phenolic OH excluding ortho intramolecular Hbond substituents is 1. The lowest BCUT2D eigenvalue weighted by Gasteiger charge is -2.42. The maximum Gasteiger partial charge on any atom is 0.116 e. The van der Waals surface area contributed by atoms with E-state index in [1.54, 1.807) is 0 Å². The Labute approximate surface area is 90.5 Å². The van der Waals surface area contributed by atoms with Crippen molar-refractivity contribution >= 4 is 5.69 Å². The van der Waals surface area contributed by atoms with Crippen LogP contribution in [0, 0.1) is 0 Å². The van der Waals surface area contributed by atoms with Gasteiger partial charge in [-0.3, -0.25) is 0 Å². The quantitative estimate of drug-likeness (QED) is 0.758. The van der Waals surface area contributed by atoms with E-state index in [1.807, 2.05) is 12.1 Å². The molecule has 0 atom stereocenters. The fourth-order valence-corrected chi connectivity index (χ4v) is 2.69.